The van der Waals surface area contributed by atoms with Gasteiger partial charge in [0.15, 0.2) is 6.29 Å². The number of pyridine rings is 1. The summed E-state index contributed by atoms with van der Waals surface area (Å²) < 4.78 is 13.6. The molecule has 0 amide bonds. The topological polar surface area (TPSA) is 71.0 Å². The summed E-state index contributed by atoms with van der Waals surface area (Å²) in [5, 5.41) is 3.18. The van der Waals surface area contributed by atoms with Crippen LogP contribution in [0.1, 0.15) is 34.9 Å². The van der Waals surface area contributed by atoms with E-state index in [0.717, 1.165) is 43.6 Å². The minimum Gasteiger partial charge on any atom is -0.340 e. The van der Waals surface area contributed by atoms with Gasteiger partial charge in [-0.2, -0.15) is 0 Å². The Hall–Kier alpha value is -3.19. The van der Waals surface area contributed by atoms with Crippen LogP contribution in [0.2, 0.25) is 0 Å². The molecule has 2 aromatic heterocycles. The fourth-order valence-electron chi connectivity index (χ4n) is 3.61. The number of anilines is 2. The number of likely N-dealkylation sites (N-methyl/N-ethyl adjacent to an activating group) is 1. The monoisotopic (exact) mass is 391 g/mol. The third-order valence-corrected chi connectivity index (χ3v) is 5.02. The Bertz CT molecular complexity index is 1030. The fraction of sp³-hybridized carbons (Fsp3) is 0.273. The van der Waals surface area contributed by atoms with E-state index in [2.05, 4.69) is 22.2 Å². The number of nitrogens with zero attached hydrogens (tertiary/aromatic N) is 4. The van der Waals surface area contributed by atoms with E-state index < -0.39 is 0 Å². The quantitative estimate of drug-likeness (QED) is 0.662. The van der Waals surface area contributed by atoms with Crippen LogP contribution in [-0.4, -0.2) is 46.3 Å². The summed E-state index contributed by atoms with van der Waals surface area (Å²) in [5.74, 6) is 1.22. The molecule has 3 heterocycles. The smallest absolute Gasteiger partial charge is 0.151 e. The number of piperidine rings is 1. The van der Waals surface area contributed by atoms with Gasteiger partial charge in [-0.05, 0) is 50.7 Å². The van der Waals surface area contributed by atoms with Crippen molar-refractivity contribution in [3.05, 3.63) is 66.0 Å². The first-order valence-corrected chi connectivity index (χ1v) is 9.61. The second-order valence-corrected chi connectivity index (χ2v) is 7.36. The van der Waals surface area contributed by atoms with Gasteiger partial charge in [0.2, 0.25) is 0 Å². The first-order valence-electron chi connectivity index (χ1n) is 9.61. The molecule has 1 aromatic carbocycles. The van der Waals surface area contributed by atoms with Crippen LogP contribution < -0.4 is 5.32 Å². The van der Waals surface area contributed by atoms with Crippen LogP contribution in [0.25, 0.3) is 11.3 Å². The zero-order valence-electron chi connectivity index (χ0n) is 16.2. The van der Waals surface area contributed by atoms with Gasteiger partial charge < -0.3 is 10.2 Å². The maximum atomic E-state index is 13.6. The predicted molar refractivity (Wildman–Crippen MR) is 110 cm³/mol. The van der Waals surface area contributed by atoms with Gasteiger partial charge in [0, 0.05) is 47.7 Å². The lowest BCUT2D eigenvalue weighted by atomic mass is 9.97. The van der Waals surface area contributed by atoms with Crippen LogP contribution in [0.15, 0.2) is 48.8 Å². The van der Waals surface area contributed by atoms with Gasteiger partial charge >= 0.3 is 0 Å². The summed E-state index contributed by atoms with van der Waals surface area (Å²) in [7, 11) is 2.10. The van der Waals surface area contributed by atoms with Crippen molar-refractivity contribution >= 4 is 17.8 Å². The van der Waals surface area contributed by atoms with Crippen molar-refractivity contribution in [2.45, 2.75) is 18.8 Å². The number of nitrogens with one attached hydrogen (secondary N) is 1. The molecule has 0 spiro atoms. The molecule has 7 heteroatoms. The van der Waals surface area contributed by atoms with Crippen molar-refractivity contribution in [1.82, 2.24) is 19.9 Å². The van der Waals surface area contributed by atoms with E-state index >= 15 is 0 Å². The number of hydrogen-bond acceptors (Lipinski definition) is 6. The second kappa shape index (κ2) is 8.45. The standard InChI is InChI=1S/C22H22FN5O/c1-28-7-3-4-16(13-28)22-26-20(17-8-15(14-29)11-24-12-17)10-21(27-22)25-19-6-2-5-18(23)9-19/h2,5-6,8-12,14,16H,3-4,7,13H2,1H3,(H,25,26,27). The Kier molecular flexibility index (Phi) is 5.57. The highest BCUT2D eigenvalue weighted by atomic mass is 19.1. The van der Waals surface area contributed by atoms with Gasteiger partial charge in [0.25, 0.3) is 0 Å². The molecular weight excluding hydrogens is 369 g/mol. The molecule has 3 aromatic rings. The molecule has 1 unspecified atom stereocenters. The number of rotatable bonds is 5. The molecule has 0 bridgehead atoms. The van der Waals surface area contributed by atoms with Crippen LogP contribution in [0.5, 0.6) is 0 Å². The number of hydrogen-bond donors (Lipinski definition) is 1. The summed E-state index contributed by atoms with van der Waals surface area (Å²) in [6.45, 7) is 1.95. The average Bonchev–Trinajstić information content (AvgIpc) is 2.73. The number of halogens is 1. The predicted octanol–water partition coefficient (Wildman–Crippen LogP) is 4.04. The van der Waals surface area contributed by atoms with Gasteiger partial charge in [-0.25, -0.2) is 14.4 Å². The highest BCUT2D eigenvalue weighted by molar-refractivity contribution is 5.77. The van der Waals surface area contributed by atoms with E-state index in [9.17, 15) is 9.18 Å². The number of aldehydes is 1. The molecular formula is C22H22FN5O. The van der Waals surface area contributed by atoms with E-state index in [1.165, 1.54) is 18.3 Å². The Morgan fingerprint density at radius 3 is 2.90 bits per heavy atom. The van der Waals surface area contributed by atoms with E-state index in [1.54, 1.807) is 30.5 Å². The third-order valence-electron chi connectivity index (χ3n) is 5.02. The summed E-state index contributed by atoms with van der Waals surface area (Å²) in [6, 6.07) is 9.81. The zero-order valence-corrected chi connectivity index (χ0v) is 16.2. The number of aromatic nitrogens is 3. The second-order valence-electron chi connectivity index (χ2n) is 7.36. The highest BCUT2D eigenvalue weighted by Gasteiger charge is 2.22. The molecule has 0 saturated carbocycles. The van der Waals surface area contributed by atoms with Crippen LogP contribution in [0, 0.1) is 5.82 Å². The lowest BCUT2D eigenvalue weighted by molar-refractivity contribution is 0.112. The Morgan fingerprint density at radius 1 is 1.21 bits per heavy atom. The van der Waals surface area contributed by atoms with Gasteiger partial charge in [0.1, 0.15) is 17.5 Å². The lowest BCUT2D eigenvalue weighted by Crippen LogP contribution is -2.31. The highest BCUT2D eigenvalue weighted by Crippen LogP contribution is 2.29. The molecule has 4 rings (SSSR count). The molecule has 1 saturated heterocycles. The lowest BCUT2D eigenvalue weighted by Gasteiger charge is -2.29. The summed E-state index contributed by atoms with van der Waals surface area (Å²) >= 11 is 0. The van der Waals surface area contributed by atoms with Crippen molar-refractivity contribution in [3.8, 4) is 11.3 Å². The maximum absolute atomic E-state index is 13.6. The SMILES string of the molecule is CN1CCCC(c2nc(Nc3cccc(F)c3)cc(-c3cncc(C=O)c3)n2)C1. The molecule has 1 fully saturated rings. The van der Waals surface area contributed by atoms with Crippen LogP contribution in [0.3, 0.4) is 0 Å². The van der Waals surface area contributed by atoms with Gasteiger partial charge in [-0.1, -0.05) is 6.07 Å². The Labute approximate surface area is 168 Å². The van der Waals surface area contributed by atoms with Gasteiger partial charge in [0.05, 0.1) is 5.69 Å². The first-order chi connectivity index (χ1) is 14.1. The molecule has 1 aliphatic rings. The minimum absolute atomic E-state index is 0.212. The molecule has 0 aliphatic carbocycles. The first kappa shape index (κ1) is 19.1. The molecule has 1 atom stereocenters. The fourth-order valence-corrected chi connectivity index (χ4v) is 3.61. The Morgan fingerprint density at radius 2 is 2.10 bits per heavy atom. The zero-order chi connectivity index (χ0) is 20.2. The number of likely N-dealkylation sites (tertiary alicyclic amines) is 1. The molecule has 148 valence electrons. The normalized spacial score (nSPS) is 17.1. The number of carbonyl (C=O) groups is 1. The number of benzene rings is 1. The molecule has 1 aliphatic heterocycles. The minimum atomic E-state index is -0.318. The van der Waals surface area contributed by atoms with E-state index in [4.69, 9.17) is 9.97 Å². The van der Waals surface area contributed by atoms with E-state index in [0.29, 0.717) is 22.8 Å². The average molecular weight is 391 g/mol. The summed E-state index contributed by atoms with van der Waals surface area (Å²) in [5.41, 5.74) is 2.52. The molecule has 1 N–H and O–H groups in total. The van der Waals surface area contributed by atoms with Gasteiger partial charge in [-0.3, -0.25) is 9.78 Å². The molecule has 29 heavy (non-hydrogen) atoms. The van der Waals surface area contributed by atoms with Crippen LogP contribution in [0.4, 0.5) is 15.9 Å². The summed E-state index contributed by atoms with van der Waals surface area (Å²) in [4.78, 5) is 27.1. The van der Waals surface area contributed by atoms with Crippen molar-refractivity contribution in [2.75, 3.05) is 25.5 Å². The van der Waals surface area contributed by atoms with E-state index in [-0.39, 0.29) is 11.7 Å². The van der Waals surface area contributed by atoms with Crippen molar-refractivity contribution < 1.29 is 9.18 Å². The van der Waals surface area contributed by atoms with Crippen molar-refractivity contribution in [1.29, 1.82) is 0 Å². The van der Waals surface area contributed by atoms with Crippen molar-refractivity contribution in [2.24, 2.45) is 0 Å². The van der Waals surface area contributed by atoms with Crippen molar-refractivity contribution in [3.63, 3.8) is 0 Å². The van der Waals surface area contributed by atoms with E-state index in [1.807, 2.05) is 0 Å². The third kappa shape index (κ3) is 4.63. The van der Waals surface area contributed by atoms with Crippen LogP contribution in [-0.2, 0) is 0 Å². The molecule has 6 nitrogen and oxygen atoms in total. The van der Waals surface area contributed by atoms with Gasteiger partial charge in [-0.15, -0.1) is 0 Å². The summed E-state index contributed by atoms with van der Waals surface area (Å²) in [6.07, 6.45) is 6.06. The Balaban J connectivity index is 1.75. The maximum Gasteiger partial charge on any atom is 0.151 e. The number of carbonyl (C=O) groups excluding carboxylic acids is 1. The largest absolute Gasteiger partial charge is 0.340 e. The molecule has 0 radical (unpaired) electrons. The van der Waals surface area contributed by atoms with Crippen LogP contribution >= 0.6 is 0 Å².